The van der Waals surface area contributed by atoms with Gasteiger partial charge in [0.2, 0.25) is 0 Å². The SMILES string of the molecule is CC(Cn1cncc1-c1ccnc(N)c1)c1nccs1. The number of hydrogen-bond donors (Lipinski definition) is 1. The van der Waals surface area contributed by atoms with Crippen LogP contribution >= 0.6 is 11.3 Å². The van der Waals surface area contributed by atoms with Gasteiger partial charge < -0.3 is 10.3 Å². The highest BCUT2D eigenvalue weighted by Gasteiger charge is 2.12. The quantitative estimate of drug-likeness (QED) is 0.800. The molecule has 6 heteroatoms. The lowest BCUT2D eigenvalue weighted by Gasteiger charge is -2.12. The monoisotopic (exact) mass is 285 g/mol. The van der Waals surface area contributed by atoms with Crippen molar-refractivity contribution in [2.24, 2.45) is 0 Å². The summed E-state index contributed by atoms with van der Waals surface area (Å²) in [5.41, 5.74) is 7.82. The minimum absolute atomic E-state index is 0.349. The number of rotatable bonds is 4. The van der Waals surface area contributed by atoms with Gasteiger partial charge in [-0.15, -0.1) is 11.3 Å². The summed E-state index contributed by atoms with van der Waals surface area (Å²) >= 11 is 1.68. The molecule has 1 unspecified atom stereocenters. The first-order chi connectivity index (χ1) is 9.74. The van der Waals surface area contributed by atoms with Crippen LogP contribution in [0.1, 0.15) is 17.8 Å². The first-order valence-corrected chi connectivity index (χ1v) is 7.23. The highest BCUT2D eigenvalue weighted by atomic mass is 32.1. The van der Waals surface area contributed by atoms with Crippen molar-refractivity contribution in [1.82, 2.24) is 19.5 Å². The molecule has 0 saturated carbocycles. The minimum atomic E-state index is 0.349. The average Bonchev–Trinajstić information content (AvgIpc) is 3.09. The van der Waals surface area contributed by atoms with E-state index in [0.29, 0.717) is 11.7 Å². The zero-order valence-corrected chi connectivity index (χ0v) is 11.9. The van der Waals surface area contributed by atoms with E-state index in [1.165, 1.54) is 0 Å². The summed E-state index contributed by atoms with van der Waals surface area (Å²) in [5, 5.41) is 3.14. The summed E-state index contributed by atoms with van der Waals surface area (Å²) in [7, 11) is 0. The fourth-order valence-electron chi connectivity index (χ4n) is 2.17. The lowest BCUT2D eigenvalue weighted by atomic mass is 10.1. The van der Waals surface area contributed by atoms with E-state index in [9.17, 15) is 0 Å². The second-order valence-electron chi connectivity index (χ2n) is 4.67. The highest BCUT2D eigenvalue weighted by Crippen LogP contribution is 2.24. The Hall–Kier alpha value is -2.21. The molecule has 0 aromatic carbocycles. The molecule has 3 aromatic rings. The molecule has 0 aliphatic heterocycles. The van der Waals surface area contributed by atoms with Crippen LogP contribution in [0.3, 0.4) is 0 Å². The number of nitrogen functional groups attached to an aromatic ring is 1. The standard InChI is InChI=1S/C14H15N5S/c1-10(14-18-4-5-20-14)8-19-9-16-7-12(19)11-2-3-17-13(15)6-11/h2-7,9-10H,8H2,1H3,(H2,15,17). The van der Waals surface area contributed by atoms with Crippen molar-refractivity contribution in [2.75, 3.05) is 5.73 Å². The zero-order valence-electron chi connectivity index (χ0n) is 11.1. The van der Waals surface area contributed by atoms with E-state index in [2.05, 4.69) is 26.4 Å². The topological polar surface area (TPSA) is 69.6 Å². The molecule has 2 N–H and O–H groups in total. The molecule has 20 heavy (non-hydrogen) atoms. The maximum absolute atomic E-state index is 5.74. The zero-order chi connectivity index (χ0) is 13.9. The molecule has 0 amide bonds. The number of aromatic nitrogens is 4. The molecule has 3 rings (SSSR count). The van der Waals surface area contributed by atoms with Gasteiger partial charge in [-0.2, -0.15) is 0 Å². The average molecular weight is 285 g/mol. The first kappa shape index (κ1) is 12.8. The van der Waals surface area contributed by atoms with Crippen LogP contribution in [-0.2, 0) is 6.54 Å². The van der Waals surface area contributed by atoms with E-state index in [1.54, 1.807) is 17.5 Å². The molecule has 5 nitrogen and oxygen atoms in total. The molecule has 3 aromatic heterocycles. The number of hydrogen-bond acceptors (Lipinski definition) is 5. The lowest BCUT2D eigenvalue weighted by molar-refractivity contribution is 0.598. The Balaban J connectivity index is 1.87. The lowest BCUT2D eigenvalue weighted by Crippen LogP contribution is -2.06. The number of anilines is 1. The van der Waals surface area contributed by atoms with Gasteiger partial charge in [-0.05, 0) is 12.1 Å². The fourth-order valence-corrected chi connectivity index (χ4v) is 2.85. The summed E-state index contributed by atoms with van der Waals surface area (Å²) in [6.45, 7) is 3.01. The number of nitrogens with two attached hydrogens (primary N) is 1. The van der Waals surface area contributed by atoms with Gasteiger partial charge in [0.25, 0.3) is 0 Å². The number of nitrogens with zero attached hydrogens (tertiary/aromatic N) is 4. The molecule has 0 aliphatic carbocycles. The van der Waals surface area contributed by atoms with Crippen molar-refractivity contribution in [3.05, 3.63) is 47.4 Å². The van der Waals surface area contributed by atoms with Crippen molar-refractivity contribution in [2.45, 2.75) is 19.4 Å². The second kappa shape index (κ2) is 5.42. The van der Waals surface area contributed by atoms with E-state index in [0.717, 1.165) is 22.8 Å². The summed E-state index contributed by atoms with van der Waals surface area (Å²) in [4.78, 5) is 12.6. The van der Waals surface area contributed by atoms with Crippen LogP contribution in [0.2, 0.25) is 0 Å². The van der Waals surface area contributed by atoms with Crippen LogP contribution in [-0.4, -0.2) is 19.5 Å². The summed E-state index contributed by atoms with van der Waals surface area (Å²) in [5.74, 6) is 0.866. The Kier molecular flexibility index (Phi) is 3.47. The summed E-state index contributed by atoms with van der Waals surface area (Å²) in [6, 6.07) is 3.81. The second-order valence-corrected chi connectivity index (χ2v) is 5.60. The van der Waals surface area contributed by atoms with Gasteiger partial charge in [0, 0.05) is 35.8 Å². The van der Waals surface area contributed by atoms with Crippen molar-refractivity contribution in [3.63, 3.8) is 0 Å². The van der Waals surface area contributed by atoms with Crippen molar-refractivity contribution >= 4 is 17.2 Å². The maximum atomic E-state index is 5.74. The van der Waals surface area contributed by atoms with E-state index in [4.69, 9.17) is 5.73 Å². The normalized spacial score (nSPS) is 12.4. The van der Waals surface area contributed by atoms with E-state index in [1.807, 2.05) is 36.2 Å². The molecule has 0 aliphatic rings. The van der Waals surface area contributed by atoms with Crippen LogP contribution in [0.4, 0.5) is 5.82 Å². The third-order valence-electron chi connectivity index (χ3n) is 3.13. The molecule has 0 saturated heterocycles. The van der Waals surface area contributed by atoms with E-state index >= 15 is 0 Å². The van der Waals surface area contributed by atoms with Gasteiger partial charge in [0.1, 0.15) is 5.82 Å². The minimum Gasteiger partial charge on any atom is -0.384 e. The predicted octanol–water partition coefficient (Wildman–Crippen LogP) is 2.79. The first-order valence-electron chi connectivity index (χ1n) is 6.35. The molecule has 102 valence electrons. The van der Waals surface area contributed by atoms with Gasteiger partial charge in [0.15, 0.2) is 0 Å². The van der Waals surface area contributed by atoms with Gasteiger partial charge in [-0.1, -0.05) is 6.92 Å². The number of pyridine rings is 1. The molecule has 3 heterocycles. The van der Waals surface area contributed by atoms with Crippen LogP contribution in [0.15, 0.2) is 42.4 Å². The van der Waals surface area contributed by atoms with Crippen LogP contribution in [0, 0.1) is 0 Å². The maximum Gasteiger partial charge on any atom is 0.123 e. The third-order valence-corrected chi connectivity index (χ3v) is 4.14. The van der Waals surface area contributed by atoms with Crippen molar-refractivity contribution < 1.29 is 0 Å². The Labute approximate surface area is 121 Å². The van der Waals surface area contributed by atoms with E-state index in [-0.39, 0.29) is 0 Å². The van der Waals surface area contributed by atoms with Crippen LogP contribution in [0.5, 0.6) is 0 Å². The summed E-state index contributed by atoms with van der Waals surface area (Å²) < 4.78 is 2.13. The summed E-state index contributed by atoms with van der Waals surface area (Å²) in [6.07, 6.45) is 7.25. The van der Waals surface area contributed by atoms with Gasteiger partial charge >= 0.3 is 0 Å². The molecule has 0 bridgehead atoms. The van der Waals surface area contributed by atoms with Gasteiger partial charge in [-0.3, -0.25) is 0 Å². The molecular weight excluding hydrogens is 270 g/mol. The molecule has 0 fully saturated rings. The fraction of sp³-hybridized carbons (Fsp3) is 0.214. The van der Waals surface area contributed by atoms with Crippen molar-refractivity contribution in [1.29, 1.82) is 0 Å². The Morgan fingerprint density at radius 1 is 1.35 bits per heavy atom. The van der Waals surface area contributed by atoms with Gasteiger partial charge in [0.05, 0.1) is 23.2 Å². The third kappa shape index (κ3) is 2.55. The Morgan fingerprint density at radius 3 is 3.00 bits per heavy atom. The highest BCUT2D eigenvalue weighted by molar-refractivity contribution is 7.09. The predicted molar refractivity (Wildman–Crippen MR) is 80.4 cm³/mol. The molecule has 0 radical (unpaired) electrons. The van der Waals surface area contributed by atoms with E-state index < -0.39 is 0 Å². The molecule has 1 atom stereocenters. The number of thiazole rings is 1. The molecule has 0 spiro atoms. The Morgan fingerprint density at radius 2 is 2.25 bits per heavy atom. The largest absolute Gasteiger partial charge is 0.384 e. The Bertz CT molecular complexity index is 689. The number of imidazole rings is 1. The molecular formula is C14H15N5S. The van der Waals surface area contributed by atoms with Gasteiger partial charge in [-0.25, -0.2) is 15.0 Å². The van der Waals surface area contributed by atoms with Crippen LogP contribution in [0.25, 0.3) is 11.3 Å². The van der Waals surface area contributed by atoms with Crippen LogP contribution < -0.4 is 5.73 Å². The smallest absolute Gasteiger partial charge is 0.123 e. The van der Waals surface area contributed by atoms with Crippen molar-refractivity contribution in [3.8, 4) is 11.3 Å².